The Morgan fingerprint density at radius 2 is 2.00 bits per heavy atom. The molecule has 1 N–H and O–H groups in total. The van der Waals surface area contributed by atoms with E-state index >= 15 is 0 Å². The van der Waals surface area contributed by atoms with Crippen LogP contribution in [0.25, 0.3) is 0 Å². The molecule has 16 heavy (non-hydrogen) atoms. The number of aliphatic hydroxyl groups is 1. The zero-order chi connectivity index (χ0) is 11.4. The summed E-state index contributed by atoms with van der Waals surface area (Å²) in [5.41, 5.74) is 2.70. The van der Waals surface area contributed by atoms with E-state index in [1.807, 2.05) is 6.92 Å². The topological polar surface area (TPSA) is 29.5 Å². The van der Waals surface area contributed by atoms with Gasteiger partial charge in [-0.25, -0.2) is 0 Å². The van der Waals surface area contributed by atoms with Gasteiger partial charge in [0.05, 0.1) is 6.10 Å². The van der Waals surface area contributed by atoms with Crippen molar-refractivity contribution < 1.29 is 9.84 Å². The van der Waals surface area contributed by atoms with Crippen LogP contribution in [0, 0.1) is 0 Å². The fraction of sp³-hybridized carbons (Fsp3) is 0.571. The summed E-state index contributed by atoms with van der Waals surface area (Å²) in [6, 6.07) is 8.49. The van der Waals surface area contributed by atoms with Gasteiger partial charge in [0.25, 0.3) is 0 Å². The van der Waals surface area contributed by atoms with Crippen LogP contribution in [0.2, 0.25) is 0 Å². The summed E-state index contributed by atoms with van der Waals surface area (Å²) in [6.07, 6.45) is 2.71. The molecule has 0 saturated carbocycles. The molecule has 1 aromatic rings. The van der Waals surface area contributed by atoms with Crippen molar-refractivity contribution in [1.82, 2.24) is 0 Å². The lowest BCUT2D eigenvalue weighted by atomic mass is 9.87. The van der Waals surface area contributed by atoms with E-state index in [1.165, 1.54) is 11.1 Å². The molecule has 1 fully saturated rings. The first kappa shape index (κ1) is 11.6. The van der Waals surface area contributed by atoms with Crippen LogP contribution in [-0.2, 0) is 11.2 Å². The average Bonchev–Trinajstić information content (AvgIpc) is 2.30. The molecule has 0 aliphatic carbocycles. The normalized spacial score (nSPS) is 19.6. The van der Waals surface area contributed by atoms with E-state index in [0.717, 1.165) is 32.5 Å². The molecule has 1 saturated heterocycles. The van der Waals surface area contributed by atoms with Crippen LogP contribution < -0.4 is 0 Å². The third-order valence-electron chi connectivity index (χ3n) is 3.23. The van der Waals surface area contributed by atoms with Gasteiger partial charge in [0.15, 0.2) is 0 Å². The van der Waals surface area contributed by atoms with Gasteiger partial charge < -0.3 is 9.84 Å². The van der Waals surface area contributed by atoms with E-state index in [2.05, 4.69) is 24.3 Å². The van der Waals surface area contributed by atoms with E-state index in [9.17, 15) is 5.11 Å². The highest BCUT2D eigenvalue weighted by atomic mass is 16.5. The van der Waals surface area contributed by atoms with Crippen molar-refractivity contribution in [3.8, 4) is 0 Å². The Hall–Kier alpha value is -0.860. The van der Waals surface area contributed by atoms with E-state index in [0.29, 0.717) is 5.92 Å². The Morgan fingerprint density at radius 3 is 2.69 bits per heavy atom. The van der Waals surface area contributed by atoms with Crippen LogP contribution in [-0.4, -0.2) is 24.4 Å². The maximum atomic E-state index is 9.50. The zero-order valence-electron chi connectivity index (χ0n) is 9.86. The highest BCUT2D eigenvalue weighted by molar-refractivity contribution is 5.31. The molecular weight excluding hydrogens is 200 g/mol. The molecular formula is C14H20O2. The van der Waals surface area contributed by atoms with Gasteiger partial charge in [-0.3, -0.25) is 0 Å². The Morgan fingerprint density at radius 1 is 1.31 bits per heavy atom. The van der Waals surface area contributed by atoms with Gasteiger partial charge in [-0.15, -0.1) is 0 Å². The summed E-state index contributed by atoms with van der Waals surface area (Å²) >= 11 is 0. The van der Waals surface area contributed by atoms with Crippen molar-refractivity contribution in [2.45, 2.75) is 38.2 Å². The number of hydrogen-bond acceptors (Lipinski definition) is 2. The molecule has 0 aromatic heterocycles. The highest BCUT2D eigenvalue weighted by Crippen LogP contribution is 2.29. The minimum atomic E-state index is -0.263. The van der Waals surface area contributed by atoms with E-state index in [1.54, 1.807) is 0 Å². The third-order valence-corrected chi connectivity index (χ3v) is 3.23. The molecule has 1 aliphatic heterocycles. The van der Waals surface area contributed by atoms with Crippen molar-refractivity contribution in [3.63, 3.8) is 0 Å². The summed E-state index contributed by atoms with van der Waals surface area (Å²) in [5, 5.41) is 9.50. The van der Waals surface area contributed by atoms with Crippen molar-refractivity contribution in [1.29, 1.82) is 0 Å². The number of hydrogen-bond donors (Lipinski definition) is 1. The number of rotatable bonds is 3. The van der Waals surface area contributed by atoms with Gasteiger partial charge in [0, 0.05) is 13.2 Å². The largest absolute Gasteiger partial charge is 0.393 e. The number of benzene rings is 1. The quantitative estimate of drug-likeness (QED) is 0.848. The molecule has 1 unspecified atom stereocenters. The molecule has 88 valence electrons. The Bertz CT molecular complexity index is 327. The van der Waals surface area contributed by atoms with Crippen LogP contribution in [0.5, 0.6) is 0 Å². The van der Waals surface area contributed by atoms with Crippen LogP contribution in [0.4, 0.5) is 0 Å². The minimum Gasteiger partial charge on any atom is -0.393 e. The summed E-state index contributed by atoms with van der Waals surface area (Å²) in [7, 11) is 0. The third kappa shape index (κ3) is 2.83. The lowest BCUT2D eigenvalue weighted by Gasteiger charge is -2.25. The SMILES string of the molecule is CC(O)Cc1ccccc1C1CCOCC1. The van der Waals surface area contributed by atoms with Gasteiger partial charge in [-0.1, -0.05) is 24.3 Å². The van der Waals surface area contributed by atoms with Crippen molar-refractivity contribution >= 4 is 0 Å². The fourth-order valence-electron chi connectivity index (χ4n) is 2.45. The Kier molecular flexibility index (Phi) is 3.97. The van der Waals surface area contributed by atoms with Gasteiger partial charge >= 0.3 is 0 Å². The molecule has 1 atom stereocenters. The molecule has 0 bridgehead atoms. The van der Waals surface area contributed by atoms with Crippen molar-refractivity contribution in [2.75, 3.05) is 13.2 Å². The van der Waals surface area contributed by atoms with Crippen LogP contribution in [0.1, 0.15) is 36.8 Å². The van der Waals surface area contributed by atoms with Gasteiger partial charge in [-0.05, 0) is 43.2 Å². The molecule has 0 amide bonds. The second kappa shape index (κ2) is 5.46. The monoisotopic (exact) mass is 220 g/mol. The second-order valence-corrected chi connectivity index (χ2v) is 4.64. The predicted molar refractivity (Wildman–Crippen MR) is 64.6 cm³/mol. The smallest absolute Gasteiger partial charge is 0.0552 e. The van der Waals surface area contributed by atoms with Gasteiger partial charge in [0.1, 0.15) is 0 Å². The van der Waals surface area contributed by atoms with Crippen LogP contribution in [0.15, 0.2) is 24.3 Å². The first-order valence-corrected chi connectivity index (χ1v) is 6.11. The van der Waals surface area contributed by atoms with Crippen molar-refractivity contribution in [3.05, 3.63) is 35.4 Å². The van der Waals surface area contributed by atoms with Crippen molar-refractivity contribution in [2.24, 2.45) is 0 Å². The number of aliphatic hydroxyl groups excluding tert-OH is 1. The summed E-state index contributed by atoms with van der Waals surface area (Å²) in [4.78, 5) is 0. The maximum absolute atomic E-state index is 9.50. The van der Waals surface area contributed by atoms with Crippen LogP contribution in [0.3, 0.4) is 0 Å². The molecule has 1 aromatic carbocycles. The predicted octanol–water partition coefficient (Wildman–Crippen LogP) is 2.50. The first-order valence-electron chi connectivity index (χ1n) is 6.11. The van der Waals surface area contributed by atoms with Gasteiger partial charge in [0.2, 0.25) is 0 Å². The highest BCUT2D eigenvalue weighted by Gasteiger charge is 2.18. The molecule has 2 heteroatoms. The first-order chi connectivity index (χ1) is 7.77. The zero-order valence-corrected chi connectivity index (χ0v) is 9.86. The molecule has 0 radical (unpaired) electrons. The van der Waals surface area contributed by atoms with E-state index in [4.69, 9.17) is 4.74 Å². The molecule has 1 aliphatic rings. The average molecular weight is 220 g/mol. The molecule has 1 heterocycles. The summed E-state index contributed by atoms with van der Waals surface area (Å²) in [5.74, 6) is 0.615. The number of ether oxygens (including phenoxy) is 1. The molecule has 2 nitrogen and oxygen atoms in total. The van der Waals surface area contributed by atoms with E-state index < -0.39 is 0 Å². The van der Waals surface area contributed by atoms with Crippen LogP contribution >= 0.6 is 0 Å². The second-order valence-electron chi connectivity index (χ2n) is 4.64. The molecule has 0 spiro atoms. The lowest BCUT2D eigenvalue weighted by Crippen LogP contribution is -2.16. The van der Waals surface area contributed by atoms with Gasteiger partial charge in [-0.2, -0.15) is 0 Å². The standard InChI is InChI=1S/C14H20O2/c1-11(15)10-13-4-2-3-5-14(13)12-6-8-16-9-7-12/h2-5,11-12,15H,6-10H2,1H3. The summed E-state index contributed by atoms with van der Waals surface area (Å²) < 4.78 is 5.39. The fourth-order valence-corrected chi connectivity index (χ4v) is 2.45. The molecule has 2 rings (SSSR count). The minimum absolute atomic E-state index is 0.263. The van der Waals surface area contributed by atoms with E-state index in [-0.39, 0.29) is 6.10 Å². The Labute approximate surface area is 97.3 Å². The maximum Gasteiger partial charge on any atom is 0.0552 e. The Balaban J connectivity index is 2.17. The lowest BCUT2D eigenvalue weighted by molar-refractivity contribution is 0.0850. The summed E-state index contributed by atoms with van der Waals surface area (Å²) in [6.45, 7) is 3.59.